The molecule has 0 spiro atoms. The second-order valence-corrected chi connectivity index (χ2v) is 4.13. The Bertz CT molecular complexity index is 479. The summed E-state index contributed by atoms with van der Waals surface area (Å²) in [5.41, 5.74) is -1.13. The van der Waals surface area contributed by atoms with Crippen LogP contribution in [0.2, 0.25) is 0 Å². The molecular weight excluding hydrogens is 275 g/mol. The molecule has 1 fully saturated rings. The maximum atomic E-state index is 13.5. The van der Waals surface area contributed by atoms with E-state index in [-0.39, 0.29) is 6.42 Å². The summed E-state index contributed by atoms with van der Waals surface area (Å²) in [5, 5.41) is 18.2. The number of hydrogen-bond acceptors (Lipinski definition) is 3. The SMILES string of the molecule is OC[C@H]1OC(c2c(F)c(F)c(F)c(F)c2F)C[C@@H]1O. The molecule has 1 aromatic rings. The molecule has 1 saturated heterocycles. The highest BCUT2D eigenvalue weighted by atomic mass is 19.2. The number of aliphatic hydroxyl groups excluding tert-OH is 2. The van der Waals surface area contributed by atoms with Gasteiger partial charge in [0.25, 0.3) is 0 Å². The van der Waals surface area contributed by atoms with Gasteiger partial charge in [-0.2, -0.15) is 0 Å². The standard InChI is InChI=1S/C11H9F5O3/c12-7-6(4-1-3(18)5(2-17)19-4)8(13)10(15)11(16)9(7)14/h3-5,17-18H,1-2H2/t3-,4?,5+/m0/s1. The lowest BCUT2D eigenvalue weighted by atomic mass is 10.0. The van der Waals surface area contributed by atoms with Crippen LogP contribution >= 0.6 is 0 Å². The van der Waals surface area contributed by atoms with E-state index in [9.17, 15) is 27.1 Å². The molecule has 1 heterocycles. The number of benzene rings is 1. The second-order valence-electron chi connectivity index (χ2n) is 4.13. The number of aliphatic hydroxyl groups is 2. The molecule has 1 unspecified atom stereocenters. The molecule has 3 nitrogen and oxygen atoms in total. The molecule has 19 heavy (non-hydrogen) atoms. The van der Waals surface area contributed by atoms with E-state index >= 15 is 0 Å². The normalized spacial score (nSPS) is 27.0. The van der Waals surface area contributed by atoms with Crippen molar-refractivity contribution in [2.75, 3.05) is 6.61 Å². The van der Waals surface area contributed by atoms with E-state index < -0.39 is 59.6 Å². The van der Waals surface area contributed by atoms with Gasteiger partial charge in [0.05, 0.1) is 24.4 Å². The minimum absolute atomic E-state index is 0.371. The van der Waals surface area contributed by atoms with Crippen LogP contribution in [0.3, 0.4) is 0 Å². The third-order valence-electron chi connectivity index (χ3n) is 2.97. The summed E-state index contributed by atoms with van der Waals surface area (Å²) in [5.74, 6) is -10.4. The van der Waals surface area contributed by atoms with E-state index in [0.29, 0.717) is 0 Å². The van der Waals surface area contributed by atoms with E-state index in [1.165, 1.54) is 0 Å². The number of hydrogen-bond donors (Lipinski definition) is 2. The van der Waals surface area contributed by atoms with Crippen LogP contribution in [-0.4, -0.2) is 29.0 Å². The Morgan fingerprint density at radius 3 is 1.84 bits per heavy atom. The summed E-state index contributed by atoms with van der Waals surface area (Å²) in [6.45, 7) is -0.632. The van der Waals surface area contributed by atoms with Gasteiger partial charge in [0.15, 0.2) is 23.3 Å². The number of ether oxygens (including phenoxy) is 1. The van der Waals surface area contributed by atoms with Crippen molar-refractivity contribution in [3.05, 3.63) is 34.6 Å². The van der Waals surface area contributed by atoms with Gasteiger partial charge >= 0.3 is 0 Å². The monoisotopic (exact) mass is 284 g/mol. The first-order chi connectivity index (χ1) is 8.88. The number of halogens is 5. The zero-order valence-corrected chi connectivity index (χ0v) is 9.34. The van der Waals surface area contributed by atoms with Gasteiger partial charge in [-0.1, -0.05) is 0 Å². The van der Waals surface area contributed by atoms with Crippen molar-refractivity contribution in [1.82, 2.24) is 0 Å². The summed E-state index contributed by atoms with van der Waals surface area (Å²) in [4.78, 5) is 0. The molecule has 2 rings (SSSR count). The predicted molar refractivity (Wildman–Crippen MR) is 51.6 cm³/mol. The molecule has 0 amide bonds. The Kier molecular flexibility index (Phi) is 3.75. The molecule has 1 aliphatic heterocycles. The van der Waals surface area contributed by atoms with Crippen LogP contribution in [-0.2, 0) is 4.74 Å². The quantitative estimate of drug-likeness (QED) is 0.492. The Hall–Kier alpha value is -1.25. The van der Waals surface area contributed by atoms with E-state index in [1.54, 1.807) is 0 Å². The van der Waals surface area contributed by atoms with Gasteiger partial charge in [-0.25, -0.2) is 22.0 Å². The first kappa shape index (κ1) is 14.2. The molecule has 0 radical (unpaired) electrons. The molecule has 1 aromatic carbocycles. The van der Waals surface area contributed by atoms with Gasteiger partial charge in [0, 0.05) is 6.42 Å². The van der Waals surface area contributed by atoms with Gasteiger partial charge in [-0.3, -0.25) is 0 Å². The molecule has 0 aromatic heterocycles. The average molecular weight is 284 g/mol. The first-order valence-corrected chi connectivity index (χ1v) is 5.34. The van der Waals surface area contributed by atoms with Gasteiger partial charge < -0.3 is 14.9 Å². The summed E-state index contributed by atoms with van der Waals surface area (Å²) in [6, 6.07) is 0. The van der Waals surface area contributed by atoms with E-state index in [4.69, 9.17) is 9.84 Å². The Balaban J connectivity index is 2.47. The molecule has 8 heteroatoms. The van der Waals surface area contributed by atoms with Crippen molar-refractivity contribution in [2.24, 2.45) is 0 Å². The molecule has 3 atom stereocenters. The van der Waals surface area contributed by atoms with Crippen LogP contribution in [0.4, 0.5) is 22.0 Å². The zero-order valence-electron chi connectivity index (χ0n) is 9.34. The van der Waals surface area contributed by atoms with Gasteiger partial charge in [0.2, 0.25) is 5.82 Å². The Labute approximate surface area is 104 Å². The Morgan fingerprint density at radius 1 is 0.947 bits per heavy atom. The minimum atomic E-state index is -2.25. The Morgan fingerprint density at radius 2 is 1.42 bits per heavy atom. The van der Waals surface area contributed by atoms with Gasteiger partial charge in [0.1, 0.15) is 6.10 Å². The molecular formula is C11H9F5O3. The summed E-state index contributed by atoms with van der Waals surface area (Å²) >= 11 is 0. The van der Waals surface area contributed by atoms with Crippen LogP contribution in [0.15, 0.2) is 0 Å². The molecule has 1 aliphatic rings. The highest BCUT2D eigenvalue weighted by Crippen LogP contribution is 2.37. The van der Waals surface area contributed by atoms with Crippen LogP contribution in [0, 0.1) is 29.1 Å². The smallest absolute Gasteiger partial charge is 0.200 e. The lowest BCUT2D eigenvalue weighted by molar-refractivity contribution is -0.0246. The molecule has 0 saturated carbocycles. The van der Waals surface area contributed by atoms with Crippen LogP contribution in [0.1, 0.15) is 18.1 Å². The fourth-order valence-electron chi connectivity index (χ4n) is 1.98. The van der Waals surface area contributed by atoms with Crippen molar-refractivity contribution in [2.45, 2.75) is 24.7 Å². The van der Waals surface area contributed by atoms with Crippen molar-refractivity contribution < 1.29 is 36.9 Å². The summed E-state index contributed by atoms with van der Waals surface area (Å²) < 4.78 is 70.7. The van der Waals surface area contributed by atoms with Crippen molar-refractivity contribution >= 4 is 0 Å². The van der Waals surface area contributed by atoms with Crippen molar-refractivity contribution in [3.8, 4) is 0 Å². The molecule has 106 valence electrons. The van der Waals surface area contributed by atoms with Gasteiger partial charge in [-0.15, -0.1) is 0 Å². The lowest BCUT2D eigenvalue weighted by Crippen LogP contribution is -2.24. The second kappa shape index (κ2) is 5.03. The molecule has 0 aliphatic carbocycles. The van der Waals surface area contributed by atoms with E-state index in [1.807, 2.05) is 0 Å². The maximum absolute atomic E-state index is 13.5. The molecule has 2 N–H and O–H groups in total. The predicted octanol–water partition coefficient (Wildman–Crippen LogP) is 1.57. The minimum Gasteiger partial charge on any atom is -0.394 e. The maximum Gasteiger partial charge on any atom is 0.200 e. The van der Waals surface area contributed by atoms with Crippen LogP contribution in [0.25, 0.3) is 0 Å². The largest absolute Gasteiger partial charge is 0.394 e. The first-order valence-electron chi connectivity index (χ1n) is 5.34. The third-order valence-corrected chi connectivity index (χ3v) is 2.97. The lowest BCUT2D eigenvalue weighted by Gasteiger charge is -2.15. The fourth-order valence-corrected chi connectivity index (χ4v) is 1.98. The van der Waals surface area contributed by atoms with Crippen molar-refractivity contribution in [1.29, 1.82) is 0 Å². The summed E-state index contributed by atoms with van der Waals surface area (Å²) in [7, 11) is 0. The van der Waals surface area contributed by atoms with Crippen LogP contribution in [0.5, 0.6) is 0 Å². The highest BCUT2D eigenvalue weighted by molar-refractivity contribution is 5.27. The average Bonchev–Trinajstić information content (AvgIpc) is 2.75. The van der Waals surface area contributed by atoms with Crippen molar-refractivity contribution in [3.63, 3.8) is 0 Å². The summed E-state index contributed by atoms with van der Waals surface area (Å²) in [6.07, 6.45) is -4.24. The number of rotatable bonds is 2. The zero-order chi connectivity index (χ0) is 14.3. The van der Waals surface area contributed by atoms with E-state index in [0.717, 1.165) is 0 Å². The third kappa shape index (κ3) is 2.19. The van der Waals surface area contributed by atoms with Crippen LogP contribution < -0.4 is 0 Å². The highest BCUT2D eigenvalue weighted by Gasteiger charge is 2.39. The fraction of sp³-hybridized carbons (Fsp3) is 0.455. The topological polar surface area (TPSA) is 49.7 Å². The van der Waals surface area contributed by atoms with Gasteiger partial charge in [-0.05, 0) is 0 Å². The van der Waals surface area contributed by atoms with E-state index in [2.05, 4.69) is 0 Å². The molecule has 0 bridgehead atoms.